The van der Waals surface area contributed by atoms with Gasteiger partial charge in [0.15, 0.2) is 5.43 Å². The standard InChI is InChI=1S/C13H8OS.C4H11NO2/c14-11-5-3-7-13-10(11)8-9-4-1-2-6-12(9)15-13;6-3-1-5-2-4-7/h1-8H;5-7H,1-4H2. The molecule has 0 amide bonds. The van der Waals surface area contributed by atoms with Crippen molar-refractivity contribution in [2.45, 2.75) is 0 Å². The highest BCUT2D eigenvalue weighted by Gasteiger charge is 2.06. The number of hydrogen-bond donors (Lipinski definition) is 3. The Morgan fingerprint density at radius 3 is 2.41 bits per heavy atom. The molecular formula is C17H19NO3S. The first-order valence-electron chi connectivity index (χ1n) is 7.10. The third kappa shape index (κ3) is 4.35. The third-order valence-corrected chi connectivity index (χ3v) is 4.21. The molecule has 3 N–H and O–H groups in total. The predicted octanol–water partition coefficient (Wildman–Crippen LogP) is 1.93. The molecule has 1 aromatic carbocycles. The number of hydrogen-bond acceptors (Lipinski definition) is 5. The van der Waals surface area contributed by atoms with Gasteiger partial charge in [-0.3, -0.25) is 4.79 Å². The molecule has 4 nitrogen and oxygen atoms in total. The van der Waals surface area contributed by atoms with Crippen LogP contribution < -0.4 is 10.7 Å². The third-order valence-electron chi connectivity index (χ3n) is 3.04. The van der Waals surface area contributed by atoms with Gasteiger partial charge in [-0.2, -0.15) is 0 Å². The van der Waals surface area contributed by atoms with Crippen molar-refractivity contribution in [3.8, 4) is 10.4 Å². The fraction of sp³-hybridized carbons (Fsp3) is 0.235. The topological polar surface area (TPSA) is 69.6 Å². The van der Waals surface area contributed by atoms with Gasteiger partial charge in [0.1, 0.15) is 0 Å². The van der Waals surface area contributed by atoms with Gasteiger partial charge < -0.3 is 15.5 Å². The monoisotopic (exact) mass is 317 g/mol. The summed E-state index contributed by atoms with van der Waals surface area (Å²) in [6.45, 7) is 1.42. The van der Waals surface area contributed by atoms with E-state index in [2.05, 4.69) is 11.4 Å². The van der Waals surface area contributed by atoms with E-state index in [4.69, 9.17) is 10.2 Å². The van der Waals surface area contributed by atoms with E-state index < -0.39 is 0 Å². The lowest BCUT2D eigenvalue weighted by Crippen LogP contribution is -2.21. The van der Waals surface area contributed by atoms with Crippen LogP contribution in [-0.2, 0) is 0 Å². The fourth-order valence-electron chi connectivity index (χ4n) is 2.00. The molecule has 0 bridgehead atoms. The summed E-state index contributed by atoms with van der Waals surface area (Å²) in [6, 6.07) is 15.5. The van der Waals surface area contributed by atoms with E-state index in [0.29, 0.717) is 13.1 Å². The van der Waals surface area contributed by atoms with Crippen LogP contribution in [0.5, 0.6) is 0 Å². The van der Waals surface area contributed by atoms with Crippen molar-refractivity contribution in [3.63, 3.8) is 0 Å². The van der Waals surface area contributed by atoms with E-state index >= 15 is 0 Å². The van der Waals surface area contributed by atoms with Crippen molar-refractivity contribution in [2.75, 3.05) is 26.3 Å². The molecule has 1 aliphatic heterocycles. The summed E-state index contributed by atoms with van der Waals surface area (Å²) >= 11 is 1.67. The number of benzene rings is 2. The van der Waals surface area contributed by atoms with Crippen molar-refractivity contribution < 1.29 is 10.2 Å². The molecule has 2 aliphatic rings. The molecule has 0 atom stereocenters. The fourth-order valence-corrected chi connectivity index (χ4v) is 3.05. The quantitative estimate of drug-likeness (QED) is 0.508. The summed E-state index contributed by atoms with van der Waals surface area (Å²) in [5, 5.41) is 20.2. The summed E-state index contributed by atoms with van der Waals surface area (Å²) in [5.74, 6) is 0. The van der Waals surface area contributed by atoms with Gasteiger partial charge in [0.2, 0.25) is 0 Å². The van der Waals surface area contributed by atoms with Crippen molar-refractivity contribution >= 4 is 21.4 Å². The molecule has 22 heavy (non-hydrogen) atoms. The maximum Gasteiger partial charge on any atom is 0.187 e. The lowest BCUT2D eigenvalue weighted by Gasteiger charge is -2.04. The van der Waals surface area contributed by atoms with Gasteiger partial charge in [0, 0.05) is 28.2 Å². The van der Waals surface area contributed by atoms with E-state index in [1.165, 1.54) is 4.70 Å². The zero-order valence-electron chi connectivity index (χ0n) is 12.2. The van der Waals surface area contributed by atoms with Crippen LogP contribution >= 0.6 is 11.3 Å². The van der Waals surface area contributed by atoms with Crippen LogP contribution in [0.25, 0.3) is 20.5 Å². The SMILES string of the molecule is O=c1cccc2sc3ccccc3cc1-2.OCCNCCO. The van der Waals surface area contributed by atoms with Gasteiger partial charge in [0.05, 0.1) is 13.2 Å². The van der Waals surface area contributed by atoms with Crippen LogP contribution in [0.1, 0.15) is 0 Å². The van der Waals surface area contributed by atoms with Crippen LogP contribution in [-0.4, -0.2) is 36.5 Å². The highest BCUT2D eigenvalue weighted by Crippen LogP contribution is 2.30. The molecule has 0 saturated carbocycles. The molecule has 0 fully saturated rings. The second-order valence-corrected chi connectivity index (χ2v) is 5.73. The molecular weight excluding hydrogens is 298 g/mol. The zero-order chi connectivity index (χ0) is 15.8. The first-order valence-corrected chi connectivity index (χ1v) is 7.92. The lowest BCUT2D eigenvalue weighted by atomic mass is 10.1. The Labute approximate surface area is 133 Å². The summed E-state index contributed by atoms with van der Waals surface area (Å²) in [6.07, 6.45) is 0. The van der Waals surface area contributed by atoms with E-state index in [-0.39, 0.29) is 18.6 Å². The maximum absolute atomic E-state index is 11.6. The molecule has 5 heteroatoms. The Morgan fingerprint density at radius 1 is 0.955 bits per heavy atom. The van der Waals surface area contributed by atoms with Crippen LogP contribution in [0.3, 0.4) is 0 Å². The highest BCUT2D eigenvalue weighted by atomic mass is 32.1. The Hall–Kier alpha value is -1.79. The van der Waals surface area contributed by atoms with Crippen LogP contribution in [0.15, 0.2) is 53.3 Å². The minimum Gasteiger partial charge on any atom is -0.395 e. The van der Waals surface area contributed by atoms with Gasteiger partial charge in [-0.15, -0.1) is 11.3 Å². The molecule has 1 heterocycles. The van der Waals surface area contributed by atoms with E-state index in [0.717, 1.165) is 15.8 Å². The van der Waals surface area contributed by atoms with Gasteiger partial charge in [-0.25, -0.2) is 0 Å². The zero-order valence-corrected chi connectivity index (χ0v) is 13.0. The highest BCUT2D eigenvalue weighted by molar-refractivity contribution is 7.21. The molecule has 1 aromatic rings. The van der Waals surface area contributed by atoms with Gasteiger partial charge in [-0.1, -0.05) is 24.3 Å². The molecule has 3 rings (SSSR count). The Balaban J connectivity index is 0.000000217. The smallest absolute Gasteiger partial charge is 0.187 e. The number of fused-ring (bicyclic) bond motifs is 2. The number of aliphatic hydroxyl groups excluding tert-OH is 2. The summed E-state index contributed by atoms with van der Waals surface area (Å²) < 4.78 is 1.22. The van der Waals surface area contributed by atoms with E-state index in [1.807, 2.05) is 36.4 Å². The largest absolute Gasteiger partial charge is 0.395 e. The summed E-state index contributed by atoms with van der Waals surface area (Å²) in [5.41, 5.74) is 0.927. The minimum atomic E-state index is 0.106. The van der Waals surface area contributed by atoms with Crippen molar-refractivity contribution in [1.29, 1.82) is 0 Å². The van der Waals surface area contributed by atoms with Crippen LogP contribution in [0, 0.1) is 0 Å². The Bertz CT molecular complexity index is 737. The first kappa shape index (κ1) is 16.6. The molecule has 0 spiro atoms. The minimum absolute atomic E-state index is 0.106. The van der Waals surface area contributed by atoms with Gasteiger partial charge in [0.25, 0.3) is 0 Å². The van der Waals surface area contributed by atoms with Gasteiger partial charge >= 0.3 is 0 Å². The van der Waals surface area contributed by atoms with Crippen LogP contribution in [0.2, 0.25) is 0 Å². The van der Waals surface area contributed by atoms with Crippen LogP contribution in [0.4, 0.5) is 0 Å². The first-order chi connectivity index (χ1) is 10.8. The molecule has 1 aliphatic carbocycles. The van der Waals surface area contributed by atoms with Crippen molar-refractivity contribution in [2.24, 2.45) is 0 Å². The number of aliphatic hydroxyl groups is 2. The molecule has 0 aromatic heterocycles. The van der Waals surface area contributed by atoms with Crippen molar-refractivity contribution in [3.05, 3.63) is 58.8 Å². The van der Waals surface area contributed by atoms with Crippen molar-refractivity contribution in [1.82, 2.24) is 5.32 Å². The maximum atomic E-state index is 11.6. The molecule has 0 saturated heterocycles. The molecule has 116 valence electrons. The summed E-state index contributed by atoms with van der Waals surface area (Å²) in [7, 11) is 0. The van der Waals surface area contributed by atoms with E-state index in [9.17, 15) is 4.79 Å². The summed E-state index contributed by atoms with van der Waals surface area (Å²) in [4.78, 5) is 12.7. The Kier molecular flexibility index (Phi) is 6.48. The average Bonchev–Trinajstić information content (AvgIpc) is 2.55. The normalized spacial score (nSPS) is 10.5. The predicted molar refractivity (Wildman–Crippen MR) is 91.8 cm³/mol. The number of nitrogens with one attached hydrogen (secondary N) is 1. The second-order valence-electron chi connectivity index (χ2n) is 4.65. The lowest BCUT2D eigenvalue weighted by molar-refractivity contribution is 0.267. The van der Waals surface area contributed by atoms with Gasteiger partial charge in [-0.05, 0) is 29.7 Å². The molecule has 0 radical (unpaired) electrons. The Morgan fingerprint density at radius 2 is 1.68 bits per heavy atom. The average molecular weight is 317 g/mol. The molecule has 0 unspecified atom stereocenters. The number of rotatable bonds is 4. The second kappa shape index (κ2) is 8.60. The van der Waals surface area contributed by atoms with E-state index in [1.54, 1.807) is 17.4 Å².